The Morgan fingerprint density at radius 2 is 1.81 bits per heavy atom. The van der Waals surface area contributed by atoms with Crippen molar-refractivity contribution in [3.8, 4) is 5.88 Å². The maximum Gasteiger partial charge on any atom is 0.251 e. The van der Waals surface area contributed by atoms with Crippen LogP contribution in [0.1, 0.15) is 36.0 Å². The summed E-state index contributed by atoms with van der Waals surface area (Å²) in [5.74, 6) is 1.53. The largest absolute Gasteiger partial charge is 0.474 e. The van der Waals surface area contributed by atoms with E-state index >= 15 is 0 Å². The molecule has 0 spiro atoms. The highest BCUT2D eigenvalue weighted by atomic mass is 16.5. The summed E-state index contributed by atoms with van der Waals surface area (Å²) in [6.07, 6.45) is 5.42. The van der Waals surface area contributed by atoms with Crippen LogP contribution in [0.2, 0.25) is 0 Å². The summed E-state index contributed by atoms with van der Waals surface area (Å²) in [4.78, 5) is 24.1. The molecule has 7 nitrogen and oxygen atoms in total. The minimum absolute atomic E-state index is 0.00749. The van der Waals surface area contributed by atoms with Gasteiger partial charge in [-0.2, -0.15) is 4.98 Å². The number of amides is 1. The molecule has 0 bridgehead atoms. The molecule has 1 N–H and O–H groups in total. The van der Waals surface area contributed by atoms with Crippen molar-refractivity contribution < 1.29 is 14.3 Å². The molecule has 2 aromatic heterocycles. The molecule has 3 heterocycles. The van der Waals surface area contributed by atoms with Crippen LogP contribution in [0.5, 0.6) is 5.88 Å². The summed E-state index contributed by atoms with van der Waals surface area (Å²) in [5, 5.41) is 4.10. The lowest BCUT2D eigenvalue weighted by Gasteiger charge is -2.31. The molecule has 1 saturated carbocycles. The molecule has 1 amide bonds. The number of ether oxygens (including phenoxy) is 2. The quantitative estimate of drug-likeness (QED) is 0.664. The summed E-state index contributed by atoms with van der Waals surface area (Å²) in [6.45, 7) is 3.04. The van der Waals surface area contributed by atoms with Crippen LogP contribution >= 0.6 is 0 Å². The SMILES string of the molecule is O=C(NC1CCC(Oc2nc(N3CCOCC3)cc3ncccc23)CC1)c1ccccc1. The van der Waals surface area contributed by atoms with Gasteiger partial charge in [0.05, 0.1) is 24.1 Å². The molecule has 3 aromatic rings. The summed E-state index contributed by atoms with van der Waals surface area (Å²) < 4.78 is 11.9. The van der Waals surface area contributed by atoms with Gasteiger partial charge in [-0.3, -0.25) is 9.78 Å². The van der Waals surface area contributed by atoms with Crippen molar-refractivity contribution in [3.05, 3.63) is 60.3 Å². The summed E-state index contributed by atoms with van der Waals surface area (Å²) in [5.41, 5.74) is 1.59. The molecule has 1 saturated heterocycles. The van der Waals surface area contributed by atoms with E-state index in [9.17, 15) is 4.79 Å². The van der Waals surface area contributed by atoms with E-state index in [1.165, 1.54) is 0 Å². The first-order chi connectivity index (χ1) is 15.8. The Hall–Kier alpha value is -3.19. The smallest absolute Gasteiger partial charge is 0.251 e. The average molecular weight is 433 g/mol. The van der Waals surface area contributed by atoms with Gasteiger partial charge in [0, 0.05) is 37.0 Å². The van der Waals surface area contributed by atoms with Crippen LogP contribution in [0.3, 0.4) is 0 Å². The van der Waals surface area contributed by atoms with Crippen LogP contribution < -0.4 is 15.0 Å². The molecule has 7 heteroatoms. The van der Waals surface area contributed by atoms with Crippen molar-refractivity contribution in [2.75, 3.05) is 31.2 Å². The molecule has 2 aliphatic rings. The number of morpholine rings is 1. The van der Waals surface area contributed by atoms with E-state index in [1.54, 1.807) is 6.20 Å². The maximum absolute atomic E-state index is 12.4. The molecule has 1 aliphatic heterocycles. The van der Waals surface area contributed by atoms with Crippen molar-refractivity contribution in [1.29, 1.82) is 0 Å². The highest BCUT2D eigenvalue weighted by molar-refractivity contribution is 5.94. The number of rotatable bonds is 5. The number of carbonyl (C=O) groups excluding carboxylic acids is 1. The van der Waals surface area contributed by atoms with Gasteiger partial charge in [-0.25, -0.2) is 0 Å². The lowest BCUT2D eigenvalue weighted by Crippen LogP contribution is -2.39. The second kappa shape index (κ2) is 9.53. The number of anilines is 1. The summed E-state index contributed by atoms with van der Waals surface area (Å²) in [7, 11) is 0. The molecule has 0 atom stereocenters. The number of carbonyl (C=O) groups is 1. The molecule has 2 fully saturated rings. The normalized spacial score (nSPS) is 21.3. The molecule has 1 aliphatic carbocycles. The average Bonchev–Trinajstić information content (AvgIpc) is 2.86. The van der Waals surface area contributed by atoms with Gasteiger partial charge in [0.2, 0.25) is 5.88 Å². The molecule has 0 radical (unpaired) electrons. The fourth-order valence-electron chi connectivity index (χ4n) is 4.42. The summed E-state index contributed by atoms with van der Waals surface area (Å²) in [6, 6.07) is 15.5. The third kappa shape index (κ3) is 4.67. The first-order valence-electron chi connectivity index (χ1n) is 11.4. The van der Waals surface area contributed by atoms with Crippen molar-refractivity contribution in [2.24, 2.45) is 0 Å². The Labute approximate surface area is 187 Å². The second-order valence-electron chi connectivity index (χ2n) is 8.39. The van der Waals surface area contributed by atoms with E-state index in [0.717, 1.165) is 55.5 Å². The highest BCUT2D eigenvalue weighted by Gasteiger charge is 2.25. The number of fused-ring (bicyclic) bond motifs is 1. The van der Waals surface area contributed by atoms with E-state index in [0.29, 0.717) is 24.7 Å². The van der Waals surface area contributed by atoms with Crippen LogP contribution in [0, 0.1) is 0 Å². The monoisotopic (exact) mass is 432 g/mol. The van der Waals surface area contributed by atoms with Gasteiger partial charge >= 0.3 is 0 Å². The molecular weight excluding hydrogens is 404 g/mol. The number of aromatic nitrogens is 2. The Bertz CT molecular complexity index is 1060. The predicted molar refractivity (Wildman–Crippen MR) is 123 cm³/mol. The summed E-state index contributed by atoms with van der Waals surface area (Å²) >= 11 is 0. The van der Waals surface area contributed by atoms with Crippen molar-refractivity contribution in [1.82, 2.24) is 15.3 Å². The number of benzene rings is 1. The fraction of sp³-hybridized carbons (Fsp3) is 0.400. The van der Waals surface area contributed by atoms with Crippen molar-refractivity contribution >= 4 is 22.6 Å². The first kappa shape index (κ1) is 20.7. The minimum Gasteiger partial charge on any atom is -0.474 e. The van der Waals surface area contributed by atoms with E-state index < -0.39 is 0 Å². The van der Waals surface area contributed by atoms with Crippen molar-refractivity contribution in [3.63, 3.8) is 0 Å². The van der Waals surface area contributed by atoms with Gasteiger partial charge in [0.1, 0.15) is 11.9 Å². The molecule has 1 aromatic carbocycles. The van der Waals surface area contributed by atoms with E-state index in [1.807, 2.05) is 48.5 Å². The van der Waals surface area contributed by atoms with E-state index in [4.69, 9.17) is 14.5 Å². The van der Waals surface area contributed by atoms with Gasteiger partial charge in [0.25, 0.3) is 5.91 Å². The van der Waals surface area contributed by atoms with Crippen LogP contribution in [0.15, 0.2) is 54.7 Å². The van der Waals surface area contributed by atoms with Crippen LogP contribution in [-0.2, 0) is 4.74 Å². The molecule has 32 heavy (non-hydrogen) atoms. The van der Waals surface area contributed by atoms with Crippen LogP contribution in [0.25, 0.3) is 10.9 Å². The van der Waals surface area contributed by atoms with E-state index in [-0.39, 0.29) is 18.1 Å². The first-order valence-corrected chi connectivity index (χ1v) is 11.4. The minimum atomic E-state index is -0.00749. The number of hydrogen-bond acceptors (Lipinski definition) is 6. The Morgan fingerprint density at radius 1 is 1.03 bits per heavy atom. The second-order valence-corrected chi connectivity index (χ2v) is 8.39. The van der Waals surface area contributed by atoms with Gasteiger partial charge in [0.15, 0.2) is 0 Å². The van der Waals surface area contributed by atoms with Gasteiger partial charge in [-0.1, -0.05) is 18.2 Å². The lowest BCUT2D eigenvalue weighted by molar-refractivity contribution is 0.0891. The third-order valence-corrected chi connectivity index (χ3v) is 6.21. The van der Waals surface area contributed by atoms with Crippen molar-refractivity contribution in [2.45, 2.75) is 37.8 Å². The molecule has 0 unspecified atom stereocenters. The van der Waals surface area contributed by atoms with Gasteiger partial charge in [-0.15, -0.1) is 0 Å². The number of pyridine rings is 2. The zero-order valence-electron chi connectivity index (χ0n) is 18.1. The Balaban J connectivity index is 1.25. The van der Waals surface area contributed by atoms with E-state index in [2.05, 4.69) is 15.2 Å². The fourth-order valence-corrected chi connectivity index (χ4v) is 4.42. The van der Waals surface area contributed by atoms with Gasteiger partial charge < -0.3 is 19.7 Å². The predicted octanol–water partition coefficient (Wildman–Crippen LogP) is 3.59. The maximum atomic E-state index is 12.4. The standard InChI is InChI=1S/C25H28N4O3/c30-24(18-5-2-1-3-6-18)27-19-8-10-20(11-9-19)32-25-21-7-4-12-26-22(21)17-23(28-25)29-13-15-31-16-14-29/h1-7,12,17,19-20H,8-11,13-16H2,(H,27,30). The van der Waals surface area contributed by atoms with Crippen LogP contribution in [-0.4, -0.2) is 54.3 Å². The number of hydrogen-bond donors (Lipinski definition) is 1. The zero-order valence-corrected chi connectivity index (χ0v) is 18.1. The highest BCUT2D eigenvalue weighted by Crippen LogP contribution is 2.31. The molecule has 5 rings (SSSR count). The zero-order chi connectivity index (χ0) is 21.8. The molecule has 166 valence electrons. The number of nitrogens with zero attached hydrogens (tertiary/aromatic N) is 3. The Kier molecular flexibility index (Phi) is 6.16. The lowest BCUT2D eigenvalue weighted by atomic mass is 9.92. The van der Waals surface area contributed by atoms with Crippen LogP contribution in [0.4, 0.5) is 5.82 Å². The molecular formula is C25H28N4O3. The third-order valence-electron chi connectivity index (χ3n) is 6.21. The van der Waals surface area contributed by atoms with Gasteiger partial charge in [-0.05, 0) is 49.9 Å². The number of nitrogens with one attached hydrogen (secondary N) is 1. The Morgan fingerprint density at radius 3 is 2.59 bits per heavy atom. The topological polar surface area (TPSA) is 76.6 Å².